The molecule has 14 heteroatoms. The van der Waals surface area contributed by atoms with Crippen molar-refractivity contribution in [1.29, 1.82) is 0 Å². The fourth-order valence-electron chi connectivity index (χ4n) is 4.46. The molecule has 3 rings (SSSR count). The van der Waals surface area contributed by atoms with Gasteiger partial charge in [0.15, 0.2) is 0 Å². The van der Waals surface area contributed by atoms with Crippen LogP contribution in [0.2, 0.25) is 0 Å². The van der Waals surface area contributed by atoms with Crippen LogP contribution in [0.25, 0.3) is 0 Å². The normalized spacial score (nSPS) is 18.1. The summed E-state index contributed by atoms with van der Waals surface area (Å²) in [5.41, 5.74) is 1.82. The van der Waals surface area contributed by atoms with Gasteiger partial charge in [0.1, 0.15) is 0 Å². The summed E-state index contributed by atoms with van der Waals surface area (Å²) in [6, 6.07) is 19.2. The average molecular weight is 674 g/mol. The molecule has 224 valence electrons. The second-order valence-corrected chi connectivity index (χ2v) is 15.3. The standard InChI is InChI=1S/C26H38Cl4N4O4P2/c27-11-15-31(16-12-28)39(35,37-23-25-7-3-1-4-8-25)33-19-21-34(22-20-33)40(36,32(17-13-29)18-14-30)38-24-26-9-5-2-6-10-26/h1-10H,11-24H2/t39-,40+. The summed E-state index contributed by atoms with van der Waals surface area (Å²) in [4.78, 5) is 0. The first-order valence-electron chi connectivity index (χ1n) is 13.2. The third kappa shape index (κ3) is 9.41. The topological polar surface area (TPSA) is 65.6 Å². The Morgan fingerprint density at radius 3 is 1.15 bits per heavy atom. The summed E-state index contributed by atoms with van der Waals surface area (Å²) < 4.78 is 48.7. The van der Waals surface area contributed by atoms with E-state index in [0.717, 1.165) is 11.1 Å². The Morgan fingerprint density at radius 2 is 0.875 bits per heavy atom. The van der Waals surface area contributed by atoms with Gasteiger partial charge in [-0.25, -0.2) is 18.7 Å². The van der Waals surface area contributed by atoms with Gasteiger partial charge in [-0.2, -0.15) is 0 Å². The number of nitrogens with zero attached hydrogens (tertiary/aromatic N) is 4. The van der Waals surface area contributed by atoms with Gasteiger partial charge in [-0.15, -0.1) is 46.4 Å². The minimum absolute atomic E-state index is 0.178. The van der Waals surface area contributed by atoms with Crippen LogP contribution in [-0.4, -0.2) is 94.6 Å². The lowest BCUT2D eigenvalue weighted by Gasteiger charge is -2.45. The van der Waals surface area contributed by atoms with E-state index in [0.29, 0.717) is 52.4 Å². The van der Waals surface area contributed by atoms with Gasteiger partial charge in [-0.05, 0) is 11.1 Å². The maximum atomic E-state index is 14.6. The summed E-state index contributed by atoms with van der Waals surface area (Å²) in [6.45, 7) is 3.19. The smallest absolute Gasteiger partial charge is 0.301 e. The van der Waals surface area contributed by atoms with E-state index < -0.39 is 15.3 Å². The maximum absolute atomic E-state index is 14.6. The van der Waals surface area contributed by atoms with Gasteiger partial charge in [-0.1, -0.05) is 60.7 Å². The van der Waals surface area contributed by atoms with E-state index in [9.17, 15) is 9.13 Å². The molecule has 0 unspecified atom stereocenters. The molecule has 0 amide bonds. The number of piperazine rings is 1. The van der Waals surface area contributed by atoms with Crippen molar-refractivity contribution in [2.24, 2.45) is 0 Å². The van der Waals surface area contributed by atoms with Gasteiger partial charge in [0.2, 0.25) is 0 Å². The van der Waals surface area contributed by atoms with Crippen molar-refractivity contribution in [2.75, 3.05) is 75.9 Å². The molecule has 2 aromatic rings. The minimum Gasteiger partial charge on any atom is -0.301 e. The van der Waals surface area contributed by atoms with Crippen LogP contribution >= 0.6 is 61.7 Å². The van der Waals surface area contributed by atoms with E-state index in [1.807, 2.05) is 70.0 Å². The Labute approximate surface area is 258 Å². The first-order chi connectivity index (χ1) is 19.4. The van der Waals surface area contributed by atoms with Crippen molar-refractivity contribution in [1.82, 2.24) is 18.7 Å². The third-order valence-corrected chi connectivity index (χ3v) is 12.6. The Balaban J connectivity index is 1.81. The average Bonchev–Trinajstić information content (AvgIpc) is 2.99. The molecule has 2 aromatic carbocycles. The Hall–Kier alpha value is -0.180. The molecule has 1 fully saturated rings. The van der Waals surface area contributed by atoms with Gasteiger partial charge in [0.05, 0.1) is 13.2 Å². The number of rotatable bonds is 18. The predicted molar refractivity (Wildman–Crippen MR) is 167 cm³/mol. The molecule has 2 atom stereocenters. The van der Waals surface area contributed by atoms with E-state index >= 15 is 0 Å². The lowest BCUT2D eigenvalue weighted by atomic mass is 10.2. The van der Waals surface area contributed by atoms with Gasteiger partial charge in [0, 0.05) is 75.9 Å². The van der Waals surface area contributed by atoms with Crippen molar-refractivity contribution in [3.8, 4) is 0 Å². The minimum atomic E-state index is -3.51. The van der Waals surface area contributed by atoms with Crippen molar-refractivity contribution < 1.29 is 18.2 Å². The Morgan fingerprint density at radius 1 is 0.575 bits per heavy atom. The maximum Gasteiger partial charge on any atom is 0.346 e. The summed E-state index contributed by atoms with van der Waals surface area (Å²) in [6.07, 6.45) is 0. The molecule has 1 saturated heterocycles. The van der Waals surface area contributed by atoms with Crippen LogP contribution in [0, 0.1) is 0 Å². The van der Waals surface area contributed by atoms with Crippen LogP contribution in [0.4, 0.5) is 0 Å². The lowest BCUT2D eigenvalue weighted by molar-refractivity contribution is 0.150. The fourth-order valence-corrected chi connectivity index (χ4v) is 10.5. The van der Waals surface area contributed by atoms with E-state index in [1.165, 1.54) is 0 Å². The molecule has 0 spiro atoms. The molecule has 0 radical (unpaired) electrons. The number of alkyl halides is 4. The molecule has 1 aliphatic heterocycles. The van der Waals surface area contributed by atoms with E-state index in [1.54, 1.807) is 9.34 Å². The summed E-state index contributed by atoms with van der Waals surface area (Å²) in [5, 5.41) is 0. The van der Waals surface area contributed by atoms with Crippen LogP contribution in [0.3, 0.4) is 0 Å². The zero-order valence-corrected chi connectivity index (χ0v) is 27.3. The van der Waals surface area contributed by atoms with Crippen LogP contribution in [-0.2, 0) is 31.4 Å². The largest absolute Gasteiger partial charge is 0.346 e. The van der Waals surface area contributed by atoms with Crippen LogP contribution in [0.5, 0.6) is 0 Å². The summed E-state index contributed by atoms with van der Waals surface area (Å²) >= 11 is 24.4. The highest BCUT2D eigenvalue weighted by Gasteiger charge is 2.45. The molecule has 1 heterocycles. The number of hydrogen-bond donors (Lipinski definition) is 0. The molecular weight excluding hydrogens is 636 g/mol. The Bertz CT molecular complexity index is 987. The zero-order chi connectivity index (χ0) is 28.8. The van der Waals surface area contributed by atoms with Gasteiger partial charge in [0.25, 0.3) is 0 Å². The molecule has 8 nitrogen and oxygen atoms in total. The fraction of sp³-hybridized carbons (Fsp3) is 0.538. The highest BCUT2D eigenvalue weighted by molar-refractivity contribution is 7.54. The predicted octanol–water partition coefficient (Wildman–Crippen LogP) is 6.81. The molecular formula is C26H38Cl4N4O4P2. The monoisotopic (exact) mass is 672 g/mol. The molecule has 1 aliphatic rings. The van der Waals surface area contributed by atoms with Crippen LogP contribution < -0.4 is 0 Å². The highest BCUT2D eigenvalue weighted by atomic mass is 35.5. The van der Waals surface area contributed by atoms with Gasteiger partial charge < -0.3 is 9.05 Å². The van der Waals surface area contributed by atoms with Crippen molar-refractivity contribution >= 4 is 61.7 Å². The van der Waals surface area contributed by atoms with Gasteiger partial charge >= 0.3 is 15.3 Å². The van der Waals surface area contributed by atoms with Crippen molar-refractivity contribution in [3.63, 3.8) is 0 Å². The molecule has 0 saturated carbocycles. The first-order valence-corrected chi connectivity index (χ1v) is 18.4. The summed E-state index contributed by atoms with van der Waals surface area (Å²) in [7, 11) is -7.02. The zero-order valence-electron chi connectivity index (χ0n) is 22.5. The van der Waals surface area contributed by atoms with Crippen LogP contribution in [0.15, 0.2) is 60.7 Å². The lowest BCUT2D eigenvalue weighted by Crippen LogP contribution is -2.48. The van der Waals surface area contributed by atoms with Crippen molar-refractivity contribution in [3.05, 3.63) is 71.8 Å². The van der Waals surface area contributed by atoms with Gasteiger partial charge in [-0.3, -0.25) is 9.13 Å². The highest BCUT2D eigenvalue weighted by Crippen LogP contribution is 2.59. The molecule has 0 aromatic heterocycles. The number of halogens is 4. The van der Waals surface area contributed by atoms with E-state index in [-0.39, 0.29) is 36.7 Å². The molecule has 0 bridgehead atoms. The quantitative estimate of drug-likeness (QED) is 0.126. The third-order valence-electron chi connectivity index (χ3n) is 6.52. The van der Waals surface area contributed by atoms with Crippen LogP contribution in [0.1, 0.15) is 11.1 Å². The molecule has 0 aliphatic carbocycles. The molecule has 0 N–H and O–H groups in total. The number of hydrogen-bond acceptors (Lipinski definition) is 4. The van der Waals surface area contributed by atoms with E-state index in [4.69, 9.17) is 55.5 Å². The summed E-state index contributed by atoms with van der Waals surface area (Å²) in [5.74, 6) is 1.13. The van der Waals surface area contributed by atoms with Crippen molar-refractivity contribution in [2.45, 2.75) is 13.2 Å². The molecule has 40 heavy (non-hydrogen) atoms. The van der Waals surface area contributed by atoms with E-state index in [2.05, 4.69) is 0 Å². The second kappa shape index (κ2) is 17.8. The Kier molecular flexibility index (Phi) is 15.3. The SMILES string of the molecule is O=[P@](OCc1ccccc1)(N(CCCl)CCCl)N1CCN([P@](=O)(OCc2ccccc2)N(CCCl)CCCl)CC1. The second-order valence-electron chi connectivity index (χ2n) is 9.07. The number of benzene rings is 2. The first kappa shape index (κ1) is 34.3.